The van der Waals surface area contributed by atoms with Crippen LogP contribution in [0, 0.1) is 6.92 Å². The van der Waals surface area contributed by atoms with E-state index < -0.39 is 6.03 Å². The normalized spacial score (nSPS) is 10.7. The number of anilines is 2. The molecule has 1 N–H and O–H groups in total. The summed E-state index contributed by atoms with van der Waals surface area (Å²) in [6, 6.07) is 18.5. The summed E-state index contributed by atoms with van der Waals surface area (Å²) in [5, 5.41) is 7.88. The van der Waals surface area contributed by atoms with Crippen molar-refractivity contribution < 1.29 is 9.59 Å². The number of rotatable bonds is 4. The summed E-state index contributed by atoms with van der Waals surface area (Å²) in [5.41, 5.74) is 4.44. The lowest BCUT2D eigenvalue weighted by Gasteiger charge is -2.16. The monoisotopic (exact) mass is 385 g/mol. The Kier molecular flexibility index (Phi) is 4.78. The summed E-state index contributed by atoms with van der Waals surface area (Å²) < 4.78 is 1.66. The summed E-state index contributed by atoms with van der Waals surface area (Å²) >= 11 is 0. The second kappa shape index (κ2) is 7.55. The number of nitrogens with one attached hydrogen (secondary N) is 1. The fourth-order valence-electron chi connectivity index (χ4n) is 3.25. The highest BCUT2D eigenvalue weighted by Crippen LogP contribution is 2.24. The Hall–Kier alpha value is -4.00. The first-order valence-corrected chi connectivity index (χ1v) is 9.07. The number of aryl methyl sites for hydroxylation is 2. The molecular formula is C22H19N5O2. The molecule has 7 nitrogen and oxygen atoms in total. The van der Waals surface area contributed by atoms with E-state index in [1.807, 2.05) is 55.5 Å². The third-order valence-electron chi connectivity index (χ3n) is 4.67. The predicted molar refractivity (Wildman–Crippen MR) is 113 cm³/mol. The highest BCUT2D eigenvalue weighted by molar-refractivity contribution is 6.12. The number of carbonyl (C=O) groups is 2. The zero-order chi connectivity index (χ0) is 20.4. The average Bonchev–Trinajstić information content (AvgIpc) is 3.03. The molecular weight excluding hydrogens is 366 g/mol. The Morgan fingerprint density at radius 1 is 1.07 bits per heavy atom. The number of hydrogen-bond donors (Lipinski definition) is 1. The quantitative estimate of drug-likeness (QED) is 0.536. The van der Waals surface area contributed by atoms with Gasteiger partial charge in [0.15, 0.2) is 5.65 Å². The molecule has 0 radical (unpaired) electrons. The van der Waals surface area contributed by atoms with E-state index in [-0.39, 0.29) is 0 Å². The van der Waals surface area contributed by atoms with Crippen LogP contribution >= 0.6 is 0 Å². The summed E-state index contributed by atoms with van der Waals surface area (Å²) in [5.74, 6) is 0. The summed E-state index contributed by atoms with van der Waals surface area (Å²) in [7, 11) is 1.80. The van der Waals surface area contributed by atoms with E-state index in [0.29, 0.717) is 23.4 Å². The fourth-order valence-corrected chi connectivity index (χ4v) is 3.25. The minimum absolute atomic E-state index is 0.375. The Morgan fingerprint density at radius 2 is 1.83 bits per heavy atom. The van der Waals surface area contributed by atoms with Gasteiger partial charge in [0.2, 0.25) is 6.41 Å². The first-order valence-electron chi connectivity index (χ1n) is 9.07. The van der Waals surface area contributed by atoms with Gasteiger partial charge < -0.3 is 5.32 Å². The van der Waals surface area contributed by atoms with Gasteiger partial charge in [0, 0.05) is 18.1 Å². The van der Waals surface area contributed by atoms with Crippen molar-refractivity contribution in [1.29, 1.82) is 0 Å². The van der Waals surface area contributed by atoms with Crippen molar-refractivity contribution in [2.75, 3.05) is 10.2 Å². The highest BCUT2D eigenvalue weighted by atomic mass is 16.2. The van der Waals surface area contributed by atoms with E-state index in [9.17, 15) is 9.59 Å². The van der Waals surface area contributed by atoms with Gasteiger partial charge in [-0.05, 0) is 36.2 Å². The van der Waals surface area contributed by atoms with Crippen LogP contribution in [0.4, 0.5) is 16.2 Å². The van der Waals surface area contributed by atoms with Crippen LogP contribution in [-0.4, -0.2) is 27.2 Å². The van der Waals surface area contributed by atoms with Gasteiger partial charge in [-0.3, -0.25) is 9.48 Å². The Labute approximate surface area is 167 Å². The summed E-state index contributed by atoms with van der Waals surface area (Å²) in [4.78, 5) is 29.7. The van der Waals surface area contributed by atoms with Gasteiger partial charge in [-0.1, -0.05) is 42.5 Å². The molecule has 3 amide bonds. The molecule has 0 saturated heterocycles. The zero-order valence-corrected chi connectivity index (χ0v) is 16.0. The molecule has 7 heteroatoms. The van der Waals surface area contributed by atoms with Crippen molar-refractivity contribution in [2.24, 2.45) is 7.05 Å². The molecule has 0 atom stereocenters. The maximum Gasteiger partial charge on any atom is 0.333 e. The lowest BCUT2D eigenvalue weighted by molar-refractivity contribution is -0.106. The largest absolute Gasteiger partial charge is 0.333 e. The lowest BCUT2D eigenvalue weighted by Crippen LogP contribution is -2.33. The minimum Gasteiger partial charge on any atom is -0.307 e. The standard InChI is InChI=1S/C22H19N5O2/c1-15-20-12-19(13-23-21(20)26(2)25-15)27(14-28)22(29)24-18-10-6-9-17(11-18)16-7-4-3-5-8-16/h3-14H,1-2H3,(H,24,29). The molecule has 2 heterocycles. The van der Waals surface area contributed by atoms with Crippen molar-refractivity contribution in [3.63, 3.8) is 0 Å². The minimum atomic E-state index is -0.562. The van der Waals surface area contributed by atoms with Gasteiger partial charge in [0.1, 0.15) is 0 Å². The van der Waals surface area contributed by atoms with E-state index >= 15 is 0 Å². The van der Waals surface area contributed by atoms with Gasteiger partial charge >= 0.3 is 6.03 Å². The van der Waals surface area contributed by atoms with Crippen LogP contribution in [0.5, 0.6) is 0 Å². The zero-order valence-electron chi connectivity index (χ0n) is 16.0. The van der Waals surface area contributed by atoms with E-state index in [1.165, 1.54) is 6.20 Å². The number of carbonyl (C=O) groups excluding carboxylic acids is 2. The molecule has 0 aliphatic rings. The van der Waals surface area contributed by atoms with Crippen LogP contribution in [0.25, 0.3) is 22.2 Å². The molecule has 2 aromatic heterocycles. The van der Waals surface area contributed by atoms with Gasteiger partial charge in [-0.25, -0.2) is 14.7 Å². The third kappa shape index (κ3) is 3.58. The Bertz CT molecular complexity index is 1200. The molecule has 0 aliphatic heterocycles. The Morgan fingerprint density at radius 3 is 2.59 bits per heavy atom. The number of fused-ring (bicyclic) bond motifs is 1. The molecule has 0 bridgehead atoms. The average molecular weight is 385 g/mol. The van der Waals surface area contributed by atoms with Gasteiger partial charge in [-0.2, -0.15) is 5.10 Å². The molecule has 0 aliphatic carbocycles. The Balaban J connectivity index is 1.60. The van der Waals surface area contributed by atoms with Crippen molar-refractivity contribution in [3.05, 3.63) is 72.6 Å². The number of pyridine rings is 1. The summed E-state index contributed by atoms with van der Waals surface area (Å²) in [6.07, 6.45) is 1.96. The molecule has 29 heavy (non-hydrogen) atoms. The number of aromatic nitrogens is 3. The fraction of sp³-hybridized carbons (Fsp3) is 0.0909. The second-order valence-electron chi connectivity index (χ2n) is 6.63. The maximum absolute atomic E-state index is 12.8. The van der Waals surface area contributed by atoms with Crippen molar-refractivity contribution in [1.82, 2.24) is 14.8 Å². The number of urea groups is 1. The molecule has 0 fully saturated rings. The number of nitrogens with zero attached hydrogens (tertiary/aromatic N) is 4. The van der Waals surface area contributed by atoms with E-state index in [0.717, 1.165) is 27.1 Å². The number of imide groups is 1. The highest BCUT2D eigenvalue weighted by Gasteiger charge is 2.18. The molecule has 4 aromatic rings. The maximum atomic E-state index is 12.8. The number of hydrogen-bond acceptors (Lipinski definition) is 4. The second-order valence-corrected chi connectivity index (χ2v) is 6.63. The smallest absolute Gasteiger partial charge is 0.307 e. The molecule has 2 aromatic carbocycles. The van der Waals surface area contributed by atoms with E-state index in [2.05, 4.69) is 15.4 Å². The van der Waals surface area contributed by atoms with Crippen LogP contribution in [0.1, 0.15) is 5.69 Å². The first kappa shape index (κ1) is 18.4. The van der Waals surface area contributed by atoms with Crippen LogP contribution in [-0.2, 0) is 11.8 Å². The van der Waals surface area contributed by atoms with Crippen molar-refractivity contribution >= 4 is 34.8 Å². The van der Waals surface area contributed by atoms with Crippen LogP contribution in [0.15, 0.2) is 66.9 Å². The lowest BCUT2D eigenvalue weighted by atomic mass is 10.1. The molecule has 0 spiro atoms. The molecule has 0 unspecified atom stereocenters. The molecule has 144 valence electrons. The number of benzene rings is 2. The van der Waals surface area contributed by atoms with Crippen LogP contribution < -0.4 is 10.2 Å². The van der Waals surface area contributed by atoms with Gasteiger partial charge in [-0.15, -0.1) is 0 Å². The van der Waals surface area contributed by atoms with Crippen LogP contribution in [0.3, 0.4) is 0 Å². The molecule has 0 saturated carbocycles. The van der Waals surface area contributed by atoms with E-state index in [1.54, 1.807) is 23.9 Å². The number of amides is 3. The van der Waals surface area contributed by atoms with Crippen LogP contribution in [0.2, 0.25) is 0 Å². The first-order chi connectivity index (χ1) is 14.1. The van der Waals surface area contributed by atoms with E-state index in [4.69, 9.17) is 0 Å². The topological polar surface area (TPSA) is 80.1 Å². The molecule has 4 rings (SSSR count). The third-order valence-corrected chi connectivity index (χ3v) is 4.67. The van der Waals surface area contributed by atoms with Gasteiger partial charge in [0.25, 0.3) is 0 Å². The van der Waals surface area contributed by atoms with Crippen molar-refractivity contribution in [2.45, 2.75) is 6.92 Å². The van der Waals surface area contributed by atoms with Gasteiger partial charge in [0.05, 0.1) is 17.6 Å². The predicted octanol–water partition coefficient (Wildman–Crippen LogP) is 4.14. The van der Waals surface area contributed by atoms with Crippen molar-refractivity contribution in [3.8, 4) is 11.1 Å². The SMILES string of the molecule is Cc1nn(C)c2ncc(N(C=O)C(=O)Nc3cccc(-c4ccccc4)c3)cc12. The summed E-state index contributed by atoms with van der Waals surface area (Å²) in [6.45, 7) is 1.86.